The minimum atomic E-state index is -0.706. The highest BCUT2D eigenvalue weighted by atomic mass is 19.1. The van der Waals surface area contributed by atoms with E-state index in [9.17, 15) is 14.0 Å². The highest BCUT2D eigenvalue weighted by Crippen LogP contribution is 2.38. The molecule has 0 aliphatic carbocycles. The molecule has 0 fully saturated rings. The number of hydrogen-bond acceptors (Lipinski definition) is 4. The predicted molar refractivity (Wildman–Crippen MR) is 105 cm³/mol. The fraction of sp³-hybridized carbons (Fsp3) is 0.0870. The molecule has 0 radical (unpaired) electrons. The van der Waals surface area contributed by atoms with Gasteiger partial charge in [-0.05, 0) is 35.9 Å². The fourth-order valence-corrected chi connectivity index (χ4v) is 3.78. The van der Waals surface area contributed by atoms with Crippen molar-refractivity contribution in [1.82, 2.24) is 9.88 Å². The minimum absolute atomic E-state index is 0.0132. The molecule has 1 atom stereocenters. The van der Waals surface area contributed by atoms with Crippen molar-refractivity contribution in [1.29, 1.82) is 0 Å². The molecule has 1 amide bonds. The monoisotopic (exact) mass is 386 g/mol. The number of rotatable bonds is 3. The second-order valence-electron chi connectivity index (χ2n) is 6.89. The average Bonchev–Trinajstić information content (AvgIpc) is 3.02. The fourth-order valence-electron chi connectivity index (χ4n) is 3.78. The normalized spacial score (nSPS) is 15.7. The summed E-state index contributed by atoms with van der Waals surface area (Å²) >= 11 is 0. The molecule has 5 rings (SSSR count). The van der Waals surface area contributed by atoms with E-state index in [1.807, 2.05) is 30.3 Å². The van der Waals surface area contributed by atoms with Crippen molar-refractivity contribution >= 4 is 16.9 Å². The summed E-state index contributed by atoms with van der Waals surface area (Å²) in [6, 6.07) is 17.8. The van der Waals surface area contributed by atoms with Crippen LogP contribution in [0.3, 0.4) is 0 Å². The number of carbonyl (C=O) groups is 1. The van der Waals surface area contributed by atoms with E-state index < -0.39 is 17.3 Å². The van der Waals surface area contributed by atoms with E-state index in [1.165, 1.54) is 12.1 Å². The molecule has 4 aromatic rings. The first-order valence-corrected chi connectivity index (χ1v) is 9.15. The van der Waals surface area contributed by atoms with Gasteiger partial charge in [0.15, 0.2) is 5.43 Å². The first kappa shape index (κ1) is 17.3. The molecule has 0 N–H and O–H groups in total. The summed E-state index contributed by atoms with van der Waals surface area (Å²) in [5.74, 6) is -0.937. The van der Waals surface area contributed by atoms with Crippen LogP contribution in [0.4, 0.5) is 4.39 Å². The van der Waals surface area contributed by atoms with Crippen LogP contribution in [0.1, 0.15) is 33.4 Å². The highest BCUT2D eigenvalue weighted by Gasteiger charge is 2.43. The van der Waals surface area contributed by atoms with Gasteiger partial charge in [-0.15, -0.1) is 0 Å². The van der Waals surface area contributed by atoms with Crippen LogP contribution in [0.25, 0.3) is 11.0 Å². The minimum Gasteiger partial charge on any atom is -0.450 e. The summed E-state index contributed by atoms with van der Waals surface area (Å²) < 4.78 is 19.5. The SMILES string of the molecule is O=C1c2oc3ccc(F)cc3c(=O)c2C(c2ccccn2)N1Cc1ccccc1. The van der Waals surface area contributed by atoms with Crippen molar-refractivity contribution in [2.45, 2.75) is 12.6 Å². The molecule has 6 heteroatoms. The Morgan fingerprint density at radius 2 is 1.79 bits per heavy atom. The molecule has 3 heterocycles. The molecule has 2 aromatic heterocycles. The lowest BCUT2D eigenvalue weighted by Gasteiger charge is -2.24. The second-order valence-corrected chi connectivity index (χ2v) is 6.89. The number of nitrogens with zero attached hydrogens (tertiary/aromatic N) is 2. The van der Waals surface area contributed by atoms with Gasteiger partial charge in [0.25, 0.3) is 5.91 Å². The van der Waals surface area contributed by atoms with Crippen molar-refractivity contribution in [2.75, 3.05) is 0 Å². The smallest absolute Gasteiger partial charge is 0.291 e. The lowest BCUT2D eigenvalue weighted by atomic mass is 10.0. The molecule has 0 saturated carbocycles. The average molecular weight is 386 g/mol. The maximum Gasteiger partial charge on any atom is 0.291 e. The third-order valence-electron chi connectivity index (χ3n) is 5.09. The van der Waals surface area contributed by atoms with Crippen molar-refractivity contribution < 1.29 is 13.6 Å². The van der Waals surface area contributed by atoms with Crippen LogP contribution < -0.4 is 5.43 Å². The van der Waals surface area contributed by atoms with E-state index >= 15 is 0 Å². The predicted octanol–water partition coefficient (Wildman–Crippen LogP) is 4.07. The molecule has 0 bridgehead atoms. The Morgan fingerprint density at radius 1 is 1.00 bits per heavy atom. The Morgan fingerprint density at radius 3 is 2.55 bits per heavy atom. The first-order valence-electron chi connectivity index (χ1n) is 9.15. The van der Waals surface area contributed by atoms with Gasteiger partial charge in [-0.1, -0.05) is 36.4 Å². The number of aromatic nitrogens is 1. The quantitative estimate of drug-likeness (QED) is 0.532. The van der Waals surface area contributed by atoms with Gasteiger partial charge in [0, 0.05) is 12.7 Å². The molecule has 29 heavy (non-hydrogen) atoms. The molecule has 5 nitrogen and oxygen atoms in total. The van der Waals surface area contributed by atoms with Gasteiger partial charge in [0.05, 0.1) is 16.6 Å². The summed E-state index contributed by atoms with van der Waals surface area (Å²) in [6.45, 7) is 0.287. The molecular weight excluding hydrogens is 371 g/mol. The van der Waals surface area contributed by atoms with Gasteiger partial charge < -0.3 is 9.32 Å². The number of benzene rings is 2. The van der Waals surface area contributed by atoms with Gasteiger partial charge in [0.2, 0.25) is 5.76 Å². The number of pyridine rings is 1. The van der Waals surface area contributed by atoms with Crippen LogP contribution in [0.5, 0.6) is 0 Å². The van der Waals surface area contributed by atoms with Crippen molar-refractivity contribution in [2.24, 2.45) is 0 Å². The van der Waals surface area contributed by atoms with Crippen LogP contribution in [0, 0.1) is 5.82 Å². The van der Waals surface area contributed by atoms with E-state index in [0.29, 0.717) is 5.69 Å². The molecule has 0 saturated heterocycles. The molecule has 142 valence electrons. The zero-order chi connectivity index (χ0) is 20.0. The van der Waals surface area contributed by atoms with Crippen molar-refractivity contribution in [3.63, 3.8) is 0 Å². The van der Waals surface area contributed by atoms with Gasteiger partial charge in [-0.2, -0.15) is 0 Å². The third kappa shape index (κ3) is 2.81. The zero-order valence-electron chi connectivity index (χ0n) is 15.2. The lowest BCUT2D eigenvalue weighted by Crippen LogP contribution is -2.29. The summed E-state index contributed by atoms with van der Waals surface area (Å²) in [5, 5.41) is 0.110. The number of amides is 1. The van der Waals surface area contributed by atoms with Gasteiger partial charge in [0.1, 0.15) is 17.4 Å². The number of hydrogen-bond donors (Lipinski definition) is 0. The molecular formula is C23H15FN2O3. The molecule has 1 unspecified atom stereocenters. The van der Waals surface area contributed by atoms with Crippen LogP contribution in [-0.4, -0.2) is 15.8 Å². The largest absolute Gasteiger partial charge is 0.450 e. The number of carbonyl (C=O) groups excluding carboxylic acids is 1. The molecule has 2 aromatic carbocycles. The van der Waals surface area contributed by atoms with Crippen LogP contribution in [0.15, 0.2) is 82.1 Å². The van der Waals surface area contributed by atoms with Gasteiger partial charge >= 0.3 is 0 Å². The third-order valence-corrected chi connectivity index (χ3v) is 5.09. The number of fused-ring (bicyclic) bond motifs is 2. The summed E-state index contributed by atoms with van der Waals surface area (Å²) in [6.07, 6.45) is 1.61. The highest BCUT2D eigenvalue weighted by molar-refractivity contribution is 5.98. The maximum atomic E-state index is 13.8. The Labute approximate surface area is 165 Å². The van der Waals surface area contributed by atoms with E-state index in [4.69, 9.17) is 4.42 Å². The Balaban J connectivity index is 1.74. The van der Waals surface area contributed by atoms with Crippen LogP contribution >= 0.6 is 0 Å². The van der Waals surface area contributed by atoms with Crippen LogP contribution in [-0.2, 0) is 6.54 Å². The Bertz CT molecular complexity index is 1290. The summed E-state index contributed by atoms with van der Waals surface area (Å²) in [5.41, 5.74) is 1.43. The van der Waals surface area contributed by atoms with Crippen molar-refractivity contribution in [3.8, 4) is 0 Å². The first-order chi connectivity index (χ1) is 14.1. The topological polar surface area (TPSA) is 63.4 Å². The van der Waals surface area contributed by atoms with E-state index in [1.54, 1.807) is 29.3 Å². The molecule has 1 aliphatic heterocycles. The molecule has 0 spiro atoms. The molecule has 1 aliphatic rings. The van der Waals surface area contributed by atoms with Crippen molar-refractivity contribution in [3.05, 3.63) is 112 Å². The Hall–Kier alpha value is -3.80. The maximum absolute atomic E-state index is 13.8. The standard InChI is InChI=1S/C23H15FN2O3/c24-15-9-10-18-16(12-15)21(27)19-20(17-8-4-5-11-25-17)26(23(28)22(19)29-18)13-14-6-2-1-3-7-14/h1-12,20H,13H2. The zero-order valence-corrected chi connectivity index (χ0v) is 15.2. The summed E-state index contributed by atoms with van der Waals surface area (Å²) in [7, 11) is 0. The van der Waals surface area contributed by atoms with Crippen LogP contribution in [0.2, 0.25) is 0 Å². The summed E-state index contributed by atoms with van der Waals surface area (Å²) in [4.78, 5) is 32.5. The van der Waals surface area contributed by atoms with E-state index in [0.717, 1.165) is 11.6 Å². The lowest BCUT2D eigenvalue weighted by molar-refractivity contribution is 0.0712. The van der Waals surface area contributed by atoms with Gasteiger partial charge in [-0.3, -0.25) is 14.6 Å². The Kier molecular flexibility index (Phi) is 3.98. The van der Waals surface area contributed by atoms with E-state index in [-0.39, 0.29) is 34.7 Å². The van der Waals surface area contributed by atoms with E-state index in [2.05, 4.69) is 4.98 Å². The number of halogens is 1. The second kappa shape index (κ2) is 6.67. The van der Waals surface area contributed by atoms with Gasteiger partial charge in [-0.25, -0.2) is 4.39 Å².